The summed E-state index contributed by atoms with van der Waals surface area (Å²) in [6.45, 7) is 6.74. The second-order valence-electron chi connectivity index (χ2n) is 11.3. The van der Waals surface area contributed by atoms with Crippen LogP contribution in [0.5, 0.6) is 0 Å². The van der Waals surface area contributed by atoms with Crippen molar-refractivity contribution in [3.8, 4) is 11.3 Å². The monoisotopic (exact) mass is 595 g/mol. The number of pyridine rings is 1. The summed E-state index contributed by atoms with van der Waals surface area (Å²) in [5, 5.41) is 3.53. The van der Waals surface area contributed by atoms with Crippen LogP contribution in [0.2, 0.25) is 0 Å². The fourth-order valence-electron chi connectivity index (χ4n) is 4.94. The minimum Gasteiger partial charge on any atom is -0.444 e. The number of carbonyl (C=O) groups is 1. The highest BCUT2D eigenvalue weighted by Crippen LogP contribution is 2.39. The highest BCUT2D eigenvalue weighted by molar-refractivity contribution is 7.91. The molecular weight excluding hydrogens is 563 g/mol. The number of hydrogen-bond acceptors (Lipinski definition) is 9. The molecule has 3 aromatic rings. The van der Waals surface area contributed by atoms with Crippen LogP contribution in [0.1, 0.15) is 39.2 Å². The predicted molar refractivity (Wildman–Crippen MR) is 147 cm³/mol. The first-order valence-corrected chi connectivity index (χ1v) is 15.1. The van der Waals surface area contributed by atoms with Crippen molar-refractivity contribution in [2.45, 2.75) is 51.4 Å². The second kappa shape index (κ2) is 10.7. The van der Waals surface area contributed by atoms with Gasteiger partial charge in [0.25, 0.3) is 0 Å². The lowest BCUT2D eigenvalue weighted by Gasteiger charge is -2.34. The first kappa shape index (κ1) is 28.9. The topological polar surface area (TPSA) is 133 Å². The number of anilines is 2. The zero-order valence-corrected chi connectivity index (χ0v) is 23.8. The van der Waals surface area contributed by atoms with Crippen molar-refractivity contribution in [1.29, 1.82) is 0 Å². The van der Waals surface area contributed by atoms with Gasteiger partial charge in [0.05, 0.1) is 17.2 Å². The molecule has 1 amide bonds. The van der Waals surface area contributed by atoms with Crippen LogP contribution >= 0.6 is 0 Å². The van der Waals surface area contributed by atoms with Crippen molar-refractivity contribution in [2.24, 2.45) is 0 Å². The molecule has 0 aromatic carbocycles. The lowest BCUT2D eigenvalue weighted by Crippen LogP contribution is -2.47. The molecule has 0 radical (unpaired) electrons. The molecule has 5 heterocycles. The van der Waals surface area contributed by atoms with Crippen LogP contribution in [-0.2, 0) is 20.8 Å². The van der Waals surface area contributed by atoms with Gasteiger partial charge in [-0.2, -0.15) is 13.2 Å². The molecule has 15 heteroatoms. The number of piperidine rings is 1. The van der Waals surface area contributed by atoms with E-state index in [-0.39, 0.29) is 34.8 Å². The van der Waals surface area contributed by atoms with Gasteiger partial charge < -0.3 is 24.8 Å². The van der Waals surface area contributed by atoms with E-state index < -0.39 is 33.3 Å². The lowest BCUT2D eigenvalue weighted by molar-refractivity contribution is -0.137. The number of amides is 1. The first-order chi connectivity index (χ1) is 19.2. The van der Waals surface area contributed by atoms with Gasteiger partial charge in [-0.3, -0.25) is 0 Å². The number of ether oxygens (including phenoxy) is 1. The zero-order valence-electron chi connectivity index (χ0n) is 23.0. The Bertz CT molecular complexity index is 1540. The first-order valence-electron chi connectivity index (χ1n) is 13.3. The van der Waals surface area contributed by atoms with Crippen molar-refractivity contribution in [3.05, 3.63) is 30.1 Å². The van der Waals surface area contributed by atoms with Gasteiger partial charge in [-0.25, -0.2) is 28.2 Å². The van der Waals surface area contributed by atoms with E-state index in [2.05, 4.69) is 25.3 Å². The summed E-state index contributed by atoms with van der Waals surface area (Å²) in [4.78, 5) is 31.6. The number of hydrogen-bond donors (Lipinski definition) is 2. The van der Waals surface area contributed by atoms with Crippen molar-refractivity contribution in [1.82, 2.24) is 24.8 Å². The molecule has 2 aliphatic heterocycles. The Hall–Kier alpha value is -3.62. The number of sulfone groups is 1. The zero-order chi connectivity index (χ0) is 29.6. The van der Waals surface area contributed by atoms with E-state index in [4.69, 9.17) is 4.74 Å². The third kappa shape index (κ3) is 6.66. The molecule has 2 aliphatic rings. The van der Waals surface area contributed by atoms with Gasteiger partial charge >= 0.3 is 12.3 Å². The Balaban J connectivity index is 1.41. The number of nitrogens with zero attached hydrogens (tertiary/aromatic N) is 5. The predicted octanol–water partition coefficient (Wildman–Crippen LogP) is 4.08. The standard InChI is InChI=1S/C26H32F3N7O4S/c1-25(2,3)40-24(37)36-8-4-5-16(15-36)32-23-31-14-19(26(27,28)29)21(34-23)18-13-30-22-17(18)6-7-20(33-22)35-9-11-41(38,39)12-10-35/h6-7,13-14,16H,4-5,8-12,15H2,1-3H3,(H,30,33)(H,31,32,34)/t16-/m0/s1. The third-order valence-electron chi connectivity index (χ3n) is 6.95. The SMILES string of the molecule is CC(C)(C)OC(=O)N1CCC[C@H](Nc2ncc(C(F)(F)F)c(-c3c[nH]c4nc(N5CCS(=O)(=O)CC5)ccc34)n2)C1. The smallest absolute Gasteiger partial charge is 0.419 e. The number of halogens is 3. The Morgan fingerprint density at radius 3 is 2.54 bits per heavy atom. The Morgan fingerprint density at radius 1 is 1.12 bits per heavy atom. The molecule has 3 aromatic heterocycles. The highest BCUT2D eigenvalue weighted by Gasteiger charge is 2.37. The minimum atomic E-state index is -4.71. The van der Waals surface area contributed by atoms with E-state index in [0.717, 1.165) is 6.20 Å². The van der Waals surface area contributed by atoms with E-state index in [9.17, 15) is 26.4 Å². The molecule has 0 saturated carbocycles. The Morgan fingerprint density at radius 2 is 1.85 bits per heavy atom. The van der Waals surface area contributed by atoms with E-state index in [1.54, 1.807) is 37.8 Å². The fourth-order valence-corrected chi connectivity index (χ4v) is 6.14. The average Bonchev–Trinajstić information content (AvgIpc) is 3.30. The molecule has 2 N–H and O–H groups in total. The maximum atomic E-state index is 14.0. The molecule has 41 heavy (non-hydrogen) atoms. The fraction of sp³-hybridized carbons (Fsp3) is 0.538. The molecule has 11 nitrogen and oxygen atoms in total. The molecule has 2 saturated heterocycles. The van der Waals surface area contributed by atoms with Gasteiger partial charge in [0, 0.05) is 55.6 Å². The normalized spacial score (nSPS) is 19.8. The average molecular weight is 596 g/mol. The number of likely N-dealkylation sites (tertiary alicyclic amines) is 1. The highest BCUT2D eigenvalue weighted by atomic mass is 32.2. The molecule has 222 valence electrons. The number of nitrogens with one attached hydrogen (secondary N) is 2. The number of aromatic nitrogens is 4. The molecule has 2 fully saturated rings. The summed E-state index contributed by atoms with van der Waals surface area (Å²) >= 11 is 0. The maximum absolute atomic E-state index is 14.0. The van der Waals surface area contributed by atoms with Gasteiger partial charge in [-0.1, -0.05) is 0 Å². The van der Waals surface area contributed by atoms with Gasteiger partial charge in [-0.15, -0.1) is 0 Å². The molecule has 0 spiro atoms. The van der Waals surface area contributed by atoms with Crippen molar-refractivity contribution < 1.29 is 31.1 Å². The van der Waals surface area contributed by atoms with E-state index in [1.165, 1.54) is 6.20 Å². The Kier molecular flexibility index (Phi) is 7.51. The quantitative estimate of drug-likeness (QED) is 0.458. The van der Waals surface area contributed by atoms with Crippen LogP contribution in [0.25, 0.3) is 22.3 Å². The summed E-state index contributed by atoms with van der Waals surface area (Å²) < 4.78 is 71.1. The van der Waals surface area contributed by atoms with E-state index in [1.807, 2.05) is 4.90 Å². The van der Waals surface area contributed by atoms with Gasteiger partial charge in [-0.05, 0) is 45.7 Å². The summed E-state index contributed by atoms with van der Waals surface area (Å²) in [7, 11) is -3.08. The largest absolute Gasteiger partial charge is 0.444 e. The van der Waals surface area contributed by atoms with E-state index >= 15 is 0 Å². The number of alkyl halides is 3. The number of carbonyl (C=O) groups excluding carboxylic acids is 1. The Labute approximate surface area is 235 Å². The number of aromatic amines is 1. The number of H-pyrrole nitrogens is 1. The van der Waals surface area contributed by atoms with Crippen LogP contribution in [0.15, 0.2) is 24.5 Å². The molecule has 0 bridgehead atoms. The van der Waals surface area contributed by atoms with Crippen LogP contribution in [-0.4, -0.2) is 88.7 Å². The van der Waals surface area contributed by atoms with E-state index in [0.29, 0.717) is 55.9 Å². The number of fused-ring (bicyclic) bond motifs is 1. The van der Waals surface area contributed by atoms with Crippen LogP contribution in [0, 0.1) is 0 Å². The van der Waals surface area contributed by atoms with Crippen LogP contribution < -0.4 is 10.2 Å². The summed E-state index contributed by atoms with van der Waals surface area (Å²) in [5.74, 6) is 0.585. The summed E-state index contributed by atoms with van der Waals surface area (Å²) in [6, 6.07) is 3.04. The van der Waals surface area contributed by atoms with Crippen molar-refractivity contribution >= 4 is 38.7 Å². The number of rotatable bonds is 4. The van der Waals surface area contributed by atoms with Gasteiger partial charge in [0.2, 0.25) is 5.95 Å². The maximum Gasteiger partial charge on any atom is 0.419 e. The summed E-state index contributed by atoms with van der Waals surface area (Å²) in [5.41, 5.74) is -1.38. The lowest BCUT2D eigenvalue weighted by atomic mass is 10.1. The van der Waals surface area contributed by atoms with Crippen molar-refractivity contribution in [2.75, 3.05) is 47.9 Å². The summed E-state index contributed by atoms with van der Waals surface area (Å²) in [6.07, 6.45) is -1.61. The molecule has 1 atom stereocenters. The molecule has 5 rings (SSSR count). The van der Waals surface area contributed by atoms with Gasteiger partial charge in [0.15, 0.2) is 9.84 Å². The van der Waals surface area contributed by atoms with Crippen molar-refractivity contribution in [3.63, 3.8) is 0 Å². The molecular formula is C26H32F3N7O4S. The second-order valence-corrected chi connectivity index (χ2v) is 13.6. The molecule has 0 aliphatic carbocycles. The molecule has 0 unspecified atom stereocenters. The van der Waals surface area contributed by atoms with Gasteiger partial charge in [0.1, 0.15) is 22.6 Å². The third-order valence-corrected chi connectivity index (χ3v) is 8.56. The van der Waals surface area contributed by atoms with Crippen LogP contribution in [0.4, 0.5) is 29.7 Å². The minimum absolute atomic E-state index is 0.0116. The van der Waals surface area contributed by atoms with Crippen LogP contribution in [0.3, 0.4) is 0 Å².